The van der Waals surface area contributed by atoms with Crippen molar-refractivity contribution in [3.05, 3.63) is 72.2 Å². The van der Waals surface area contributed by atoms with Crippen molar-refractivity contribution >= 4 is 17.9 Å². The first kappa shape index (κ1) is 13.8. The summed E-state index contributed by atoms with van der Waals surface area (Å²) in [5.41, 5.74) is 1.84. The van der Waals surface area contributed by atoms with Gasteiger partial charge in [-0.2, -0.15) is 0 Å². The van der Waals surface area contributed by atoms with Crippen molar-refractivity contribution in [1.82, 2.24) is 4.98 Å². The first-order valence-corrected chi connectivity index (χ1v) is 6.63. The Morgan fingerprint density at radius 3 is 2.77 bits per heavy atom. The molecule has 0 bridgehead atoms. The number of amides is 1. The van der Waals surface area contributed by atoms with Crippen LogP contribution in [0.1, 0.15) is 20.9 Å². The topological polar surface area (TPSA) is 72.2 Å². The predicted molar refractivity (Wildman–Crippen MR) is 81.7 cm³/mol. The molecule has 0 fully saturated rings. The van der Waals surface area contributed by atoms with Crippen LogP contribution in [0.5, 0.6) is 0 Å². The number of hydrogen-bond donors (Lipinski definition) is 1. The Balaban J connectivity index is 1.84. The van der Waals surface area contributed by atoms with Gasteiger partial charge in [0.2, 0.25) is 0 Å². The molecule has 0 unspecified atom stereocenters. The molecule has 1 N–H and O–H groups in total. The molecule has 0 aliphatic carbocycles. The number of anilines is 1. The van der Waals surface area contributed by atoms with Gasteiger partial charge in [-0.25, -0.2) is 0 Å². The van der Waals surface area contributed by atoms with Crippen molar-refractivity contribution in [2.45, 2.75) is 0 Å². The molecule has 1 amide bonds. The molecule has 2 aromatic heterocycles. The number of nitrogens with zero attached hydrogens (tertiary/aromatic N) is 1. The van der Waals surface area contributed by atoms with Crippen LogP contribution in [0.4, 0.5) is 5.69 Å². The average Bonchev–Trinajstić information content (AvgIpc) is 3.05. The summed E-state index contributed by atoms with van der Waals surface area (Å²) in [4.78, 5) is 26.8. The summed E-state index contributed by atoms with van der Waals surface area (Å²) in [6.45, 7) is 0. The van der Waals surface area contributed by atoms with Crippen LogP contribution in [0, 0.1) is 0 Å². The largest absolute Gasteiger partial charge is 0.453 e. The molecule has 0 spiro atoms. The zero-order valence-corrected chi connectivity index (χ0v) is 11.5. The number of aromatic nitrogens is 1. The second kappa shape index (κ2) is 6.05. The highest BCUT2D eigenvalue weighted by atomic mass is 16.3. The fourth-order valence-corrected chi connectivity index (χ4v) is 2.02. The summed E-state index contributed by atoms with van der Waals surface area (Å²) in [7, 11) is 0. The van der Waals surface area contributed by atoms with Crippen LogP contribution in [0.2, 0.25) is 0 Å². The lowest BCUT2D eigenvalue weighted by molar-refractivity contribution is 0.102. The second-order valence-corrected chi connectivity index (χ2v) is 4.60. The van der Waals surface area contributed by atoms with E-state index in [0.29, 0.717) is 23.3 Å². The number of carbonyl (C=O) groups is 2. The van der Waals surface area contributed by atoms with Gasteiger partial charge < -0.3 is 9.73 Å². The minimum atomic E-state index is -0.239. The molecule has 0 aliphatic rings. The lowest BCUT2D eigenvalue weighted by Crippen LogP contribution is -2.11. The highest BCUT2D eigenvalue weighted by Gasteiger charge is 2.10. The van der Waals surface area contributed by atoms with Crippen LogP contribution in [0.25, 0.3) is 11.3 Å². The summed E-state index contributed by atoms with van der Waals surface area (Å²) in [5.74, 6) is 0.551. The maximum Gasteiger partial charge on any atom is 0.255 e. The van der Waals surface area contributed by atoms with E-state index in [-0.39, 0.29) is 11.7 Å². The van der Waals surface area contributed by atoms with Crippen molar-refractivity contribution in [2.24, 2.45) is 0 Å². The molecule has 1 aromatic carbocycles. The molecule has 0 radical (unpaired) electrons. The van der Waals surface area contributed by atoms with Gasteiger partial charge in [0.05, 0.1) is 11.9 Å². The number of furan rings is 1. The van der Waals surface area contributed by atoms with E-state index in [9.17, 15) is 9.59 Å². The molecule has 22 heavy (non-hydrogen) atoms. The monoisotopic (exact) mass is 292 g/mol. The van der Waals surface area contributed by atoms with Crippen LogP contribution in [-0.2, 0) is 0 Å². The SMILES string of the molecule is O=Cc1ccc(-c2cccc(C(=O)Nc3cccnc3)c2)o1. The summed E-state index contributed by atoms with van der Waals surface area (Å²) in [5, 5.41) is 2.77. The van der Waals surface area contributed by atoms with Gasteiger partial charge in [-0.3, -0.25) is 14.6 Å². The number of nitrogens with one attached hydrogen (secondary N) is 1. The van der Waals surface area contributed by atoms with Gasteiger partial charge in [0.1, 0.15) is 5.76 Å². The normalized spacial score (nSPS) is 10.2. The highest BCUT2D eigenvalue weighted by Crippen LogP contribution is 2.23. The molecule has 3 aromatic rings. The van der Waals surface area contributed by atoms with Crippen molar-refractivity contribution in [1.29, 1.82) is 0 Å². The predicted octanol–water partition coefficient (Wildman–Crippen LogP) is 3.41. The van der Waals surface area contributed by atoms with Gasteiger partial charge in [-0.05, 0) is 36.4 Å². The molecule has 0 aliphatic heterocycles. The summed E-state index contributed by atoms with van der Waals surface area (Å²) in [6.07, 6.45) is 3.85. The first-order chi connectivity index (χ1) is 10.8. The number of pyridine rings is 1. The molecule has 0 saturated heterocycles. The number of aldehydes is 1. The van der Waals surface area contributed by atoms with Gasteiger partial charge in [0.15, 0.2) is 12.0 Å². The Kier molecular flexibility index (Phi) is 3.78. The van der Waals surface area contributed by atoms with E-state index in [1.165, 1.54) is 0 Å². The van der Waals surface area contributed by atoms with E-state index in [1.54, 1.807) is 54.9 Å². The fourth-order valence-electron chi connectivity index (χ4n) is 2.02. The van der Waals surface area contributed by atoms with Crippen molar-refractivity contribution < 1.29 is 14.0 Å². The summed E-state index contributed by atoms with van der Waals surface area (Å²) in [6, 6.07) is 13.8. The van der Waals surface area contributed by atoms with E-state index in [1.807, 2.05) is 6.07 Å². The summed E-state index contributed by atoms with van der Waals surface area (Å²) < 4.78 is 5.36. The molecular formula is C17H12N2O3. The van der Waals surface area contributed by atoms with E-state index in [2.05, 4.69) is 10.3 Å². The molecule has 5 nitrogen and oxygen atoms in total. The van der Waals surface area contributed by atoms with Crippen LogP contribution in [0.3, 0.4) is 0 Å². The second-order valence-electron chi connectivity index (χ2n) is 4.60. The van der Waals surface area contributed by atoms with Gasteiger partial charge in [0.25, 0.3) is 5.91 Å². The smallest absolute Gasteiger partial charge is 0.255 e. The Morgan fingerprint density at radius 2 is 2.05 bits per heavy atom. The molecule has 5 heteroatoms. The van der Waals surface area contributed by atoms with Crippen molar-refractivity contribution in [3.63, 3.8) is 0 Å². The third-order valence-electron chi connectivity index (χ3n) is 3.07. The molecular weight excluding hydrogens is 280 g/mol. The van der Waals surface area contributed by atoms with E-state index in [0.717, 1.165) is 5.56 Å². The van der Waals surface area contributed by atoms with Crippen LogP contribution >= 0.6 is 0 Å². The van der Waals surface area contributed by atoms with Crippen molar-refractivity contribution in [2.75, 3.05) is 5.32 Å². The molecule has 2 heterocycles. The molecule has 0 atom stereocenters. The average molecular weight is 292 g/mol. The van der Waals surface area contributed by atoms with Gasteiger partial charge >= 0.3 is 0 Å². The highest BCUT2D eigenvalue weighted by molar-refractivity contribution is 6.04. The quantitative estimate of drug-likeness (QED) is 0.748. The van der Waals surface area contributed by atoms with Gasteiger partial charge in [-0.1, -0.05) is 12.1 Å². The number of benzene rings is 1. The third kappa shape index (κ3) is 2.93. The fraction of sp³-hybridized carbons (Fsp3) is 0. The standard InChI is InChI=1S/C17H12N2O3/c20-11-15-6-7-16(22-15)12-3-1-4-13(9-12)17(21)19-14-5-2-8-18-10-14/h1-11H,(H,19,21). The third-order valence-corrected chi connectivity index (χ3v) is 3.07. The van der Waals surface area contributed by atoms with E-state index in [4.69, 9.17) is 4.42 Å². The minimum absolute atomic E-state index is 0.239. The van der Waals surface area contributed by atoms with Gasteiger partial charge in [-0.15, -0.1) is 0 Å². The number of carbonyl (C=O) groups excluding carboxylic acids is 2. The lowest BCUT2D eigenvalue weighted by Gasteiger charge is -2.05. The Morgan fingerprint density at radius 1 is 1.14 bits per heavy atom. The van der Waals surface area contributed by atoms with Crippen LogP contribution < -0.4 is 5.32 Å². The Hall–Kier alpha value is -3.21. The maximum absolute atomic E-state index is 12.2. The van der Waals surface area contributed by atoms with Crippen molar-refractivity contribution in [3.8, 4) is 11.3 Å². The zero-order chi connectivity index (χ0) is 15.4. The first-order valence-electron chi connectivity index (χ1n) is 6.63. The number of rotatable bonds is 4. The Bertz CT molecular complexity index is 810. The van der Waals surface area contributed by atoms with E-state index < -0.39 is 0 Å². The molecule has 108 valence electrons. The zero-order valence-electron chi connectivity index (χ0n) is 11.5. The van der Waals surface area contributed by atoms with Crippen LogP contribution in [-0.4, -0.2) is 17.2 Å². The molecule has 0 saturated carbocycles. The Labute approximate surface area is 126 Å². The number of hydrogen-bond acceptors (Lipinski definition) is 4. The summed E-state index contributed by atoms with van der Waals surface area (Å²) >= 11 is 0. The molecule has 3 rings (SSSR count). The maximum atomic E-state index is 12.2. The lowest BCUT2D eigenvalue weighted by atomic mass is 10.1. The minimum Gasteiger partial charge on any atom is -0.453 e. The van der Waals surface area contributed by atoms with Gasteiger partial charge in [0, 0.05) is 17.3 Å². The van der Waals surface area contributed by atoms with E-state index >= 15 is 0 Å². The van der Waals surface area contributed by atoms with Crippen LogP contribution in [0.15, 0.2) is 65.3 Å².